The Kier molecular flexibility index (Phi) is 3.90. The molecule has 0 saturated carbocycles. The fraction of sp³-hybridized carbons (Fsp3) is 0.133. The molecule has 0 amide bonds. The standard InChI is InChI=1S/C15H12Cl2N2O2/c1-20-9-3-2-4-10(5-9)21-8-15-18-13-6-11(16)12(17)7-14(13)19-15/h2-7H,8H2,1H3,(H,18,19). The third-order valence-electron chi connectivity index (χ3n) is 2.99. The van der Waals surface area contributed by atoms with Crippen molar-refractivity contribution in [3.63, 3.8) is 0 Å². The zero-order valence-electron chi connectivity index (χ0n) is 11.2. The molecule has 0 spiro atoms. The molecule has 0 unspecified atom stereocenters. The van der Waals surface area contributed by atoms with Gasteiger partial charge in [0.1, 0.15) is 23.9 Å². The quantitative estimate of drug-likeness (QED) is 0.771. The Morgan fingerprint density at radius 3 is 2.67 bits per heavy atom. The second-order valence-electron chi connectivity index (χ2n) is 4.43. The lowest BCUT2D eigenvalue weighted by atomic mass is 10.3. The van der Waals surface area contributed by atoms with Crippen LogP contribution in [0.3, 0.4) is 0 Å². The third kappa shape index (κ3) is 3.06. The molecule has 3 aromatic rings. The minimum Gasteiger partial charge on any atom is -0.497 e. The predicted octanol–water partition coefficient (Wildman–Crippen LogP) is 4.46. The Hall–Kier alpha value is -1.91. The van der Waals surface area contributed by atoms with Crippen LogP contribution in [0.1, 0.15) is 5.82 Å². The number of aromatic amines is 1. The van der Waals surface area contributed by atoms with Crippen LogP contribution >= 0.6 is 23.2 Å². The molecule has 4 nitrogen and oxygen atoms in total. The van der Waals surface area contributed by atoms with Crippen LogP contribution in [0.4, 0.5) is 0 Å². The normalized spacial score (nSPS) is 10.8. The lowest BCUT2D eigenvalue weighted by Gasteiger charge is -2.05. The van der Waals surface area contributed by atoms with Crippen LogP contribution in [0.2, 0.25) is 10.0 Å². The summed E-state index contributed by atoms with van der Waals surface area (Å²) < 4.78 is 10.8. The van der Waals surface area contributed by atoms with Crippen molar-refractivity contribution in [3.05, 3.63) is 52.3 Å². The average molecular weight is 323 g/mol. The van der Waals surface area contributed by atoms with E-state index in [4.69, 9.17) is 32.7 Å². The summed E-state index contributed by atoms with van der Waals surface area (Å²) in [5.41, 5.74) is 1.59. The molecule has 6 heteroatoms. The number of halogens is 2. The lowest BCUT2D eigenvalue weighted by molar-refractivity contribution is 0.295. The number of hydrogen-bond acceptors (Lipinski definition) is 3. The van der Waals surface area contributed by atoms with Gasteiger partial charge >= 0.3 is 0 Å². The Balaban J connectivity index is 1.78. The molecule has 0 aliphatic carbocycles. The van der Waals surface area contributed by atoms with Crippen LogP contribution in [-0.2, 0) is 6.61 Å². The number of benzene rings is 2. The smallest absolute Gasteiger partial charge is 0.146 e. The van der Waals surface area contributed by atoms with E-state index >= 15 is 0 Å². The fourth-order valence-corrected chi connectivity index (χ4v) is 2.29. The van der Waals surface area contributed by atoms with E-state index in [1.54, 1.807) is 19.2 Å². The van der Waals surface area contributed by atoms with Crippen LogP contribution in [0.15, 0.2) is 36.4 Å². The lowest BCUT2D eigenvalue weighted by Crippen LogP contribution is -1.97. The highest BCUT2D eigenvalue weighted by atomic mass is 35.5. The number of rotatable bonds is 4. The Bertz CT molecular complexity index is 747. The minimum atomic E-state index is 0.317. The van der Waals surface area contributed by atoms with Crippen molar-refractivity contribution in [1.29, 1.82) is 0 Å². The van der Waals surface area contributed by atoms with E-state index in [-0.39, 0.29) is 0 Å². The first-order valence-corrected chi connectivity index (χ1v) is 7.02. The minimum absolute atomic E-state index is 0.317. The van der Waals surface area contributed by atoms with Crippen molar-refractivity contribution in [1.82, 2.24) is 9.97 Å². The van der Waals surface area contributed by atoms with Crippen molar-refractivity contribution < 1.29 is 9.47 Å². The number of hydrogen-bond donors (Lipinski definition) is 1. The van der Waals surface area contributed by atoms with Gasteiger partial charge in [0.2, 0.25) is 0 Å². The molecule has 1 heterocycles. The largest absolute Gasteiger partial charge is 0.497 e. The first-order chi connectivity index (χ1) is 10.2. The van der Waals surface area contributed by atoms with E-state index in [1.807, 2.05) is 24.3 Å². The van der Waals surface area contributed by atoms with E-state index < -0.39 is 0 Å². The van der Waals surface area contributed by atoms with Crippen molar-refractivity contribution in [3.8, 4) is 11.5 Å². The van der Waals surface area contributed by atoms with Crippen molar-refractivity contribution in [2.45, 2.75) is 6.61 Å². The van der Waals surface area contributed by atoms with Crippen molar-refractivity contribution >= 4 is 34.2 Å². The molecule has 108 valence electrons. The van der Waals surface area contributed by atoms with Gasteiger partial charge in [-0.25, -0.2) is 4.98 Å². The van der Waals surface area contributed by atoms with E-state index in [9.17, 15) is 0 Å². The van der Waals surface area contributed by atoms with Crippen molar-refractivity contribution in [2.24, 2.45) is 0 Å². The van der Waals surface area contributed by atoms with E-state index in [2.05, 4.69) is 9.97 Å². The Morgan fingerprint density at radius 1 is 1.10 bits per heavy atom. The molecular formula is C15H12Cl2N2O2. The molecule has 0 aliphatic heterocycles. The van der Waals surface area contributed by atoms with Crippen LogP contribution < -0.4 is 9.47 Å². The highest BCUT2D eigenvalue weighted by Gasteiger charge is 2.07. The molecule has 1 aromatic heterocycles. The van der Waals surface area contributed by atoms with Gasteiger partial charge in [0, 0.05) is 6.07 Å². The zero-order valence-corrected chi connectivity index (χ0v) is 12.7. The second-order valence-corrected chi connectivity index (χ2v) is 5.25. The van der Waals surface area contributed by atoms with E-state index in [0.29, 0.717) is 28.2 Å². The average Bonchev–Trinajstić information content (AvgIpc) is 2.87. The molecule has 0 radical (unpaired) electrons. The van der Waals surface area contributed by atoms with Gasteiger partial charge in [0.05, 0.1) is 28.2 Å². The van der Waals surface area contributed by atoms with Crippen molar-refractivity contribution in [2.75, 3.05) is 7.11 Å². The van der Waals surface area contributed by atoms with Gasteiger partial charge in [-0.3, -0.25) is 0 Å². The van der Waals surface area contributed by atoms with Crippen LogP contribution in [0, 0.1) is 0 Å². The topological polar surface area (TPSA) is 47.1 Å². The molecule has 3 rings (SSSR count). The maximum absolute atomic E-state index is 5.98. The Morgan fingerprint density at radius 2 is 1.86 bits per heavy atom. The maximum atomic E-state index is 5.98. The molecule has 0 saturated heterocycles. The number of ether oxygens (including phenoxy) is 2. The molecule has 2 aromatic carbocycles. The van der Waals surface area contributed by atoms with E-state index in [1.165, 1.54) is 0 Å². The highest BCUT2D eigenvalue weighted by molar-refractivity contribution is 6.42. The monoisotopic (exact) mass is 322 g/mol. The van der Waals surface area contributed by atoms with Gasteiger partial charge < -0.3 is 14.5 Å². The molecular weight excluding hydrogens is 311 g/mol. The summed E-state index contributed by atoms with van der Waals surface area (Å²) in [6.45, 7) is 0.317. The predicted molar refractivity (Wildman–Crippen MR) is 83.4 cm³/mol. The number of H-pyrrole nitrogens is 1. The summed E-state index contributed by atoms with van der Waals surface area (Å²) in [7, 11) is 1.62. The van der Waals surface area contributed by atoms with Gasteiger partial charge in [-0.1, -0.05) is 29.3 Å². The van der Waals surface area contributed by atoms with Gasteiger partial charge in [-0.05, 0) is 24.3 Å². The first kappa shape index (κ1) is 14.0. The van der Waals surface area contributed by atoms with E-state index in [0.717, 1.165) is 16.8 Å². The number of methoxy groups -OCH3 is 1. The molecule has 21 heavy (non-hydrogen) atoms. The maximum Gasteiger partial charge on any atom is 0.146 e. The fourth-order valence-electron chi connectivity index (χ4n) is 1.97. The number of imidazole rings is 1. The summed E-state index contributed by atoms with van der Waals surface area (Å²) >= 11 is 12.0. The van der Waals surface area contributed by atoms with Gasteiger partial charge in [0.15, 0.2) is 0 Å². The van der Waals surface area contributed by atoms with Crippen LogP contribution in [0.5, 0.6) is 11.5 Å². The molecule has 0 fully saturated rings. The van der Waals surface area contributed by atoms with Crippen LogP contribution in [-0.4, -0.2) is 17.1 Å². The second kappa shape index (κ2) is 5.84. The summed E-state index contributed by atoms with van der Waals surface area (Å²) in [4.78, 5) is 7.57. The molecule has 0 bridgehead atoms. The van der Waals surface area contributed by atoms with Gasteiger partial charge in [-0.15, -0.1) is 0 Å². The molecule has 0 atom stereocenters. The third-order valence-corrected chi connectivity index (χ3v) is 3.71. The number of fused-ring (bicyclic) bond motifs is 1. The zero-order chi connectivity index (χ0) is 14.8. The number of nitrogens with one attached hydrogen (secondary N) is 1. The summed E-state index contributed by atoms with van der Waals surface area (Å²) in [6, 6.07) is 10.9. The SMILES string of the molecule is COc1cccc(OCc2nc3cc(Cl)c(Cl)cc3[nH]2)c1. The summed E-state index contributed by atoms with van der Waals surface area (Å²) in [5.74, 6) is 2.16. The molecule has 0 aliphatic rings. The summed E-state index contributed by atoms with van der Waals surface area (Å²) in [6.07, 6.45) is 0. The van der Waals surface area contributed by atoms with Gasteiger partial charge in [0.25, 0.3) is 0 Å². The van der Waals surface area contributed by atoms with Gasteiger partial charge in [-0.2, -0.15) is 0 Å². The number of nitrogens with zero attached hydrogens (tertiary/aromatic N) is 1. The summed E-state index contributed by atoms with van der Waals surface area (Å²) in [5, 5.41) is 0.976. The van der Waals surface area contributed by atoms with Crippen LogP contribution in [0.25, 0.3) is 11.0 Å². The highest BCUT2D eigenvalue weighted by Crippen LogP contribution is 2.27. The molecule has 1 N–H and O–H groups in total. The number of aromatic nitrogens is 2. The Labute approximate surface area is 131 Å². The first-order valence-electron chi connectivity index (χ1n) is 6.26.